The maximum Gasteiger partial charge on any atom is 0.223 e. The average Bonchev–Trinajstić information content (AvgIpc) is 3.45. The molecule has 1 amide bonds. The van der Waals surface area contributed by atoms with Crippen LogP contribution in [0.2, 0.25) is 0 Å². The Hall–Kier alpha value is -3.09. The molecule has 7 nitrogen and oxygen atoms in total. The van der Waals surface area contributed by atoms with Crippen molar-refractivity contribution in [3.63, 3.8) is 0 Å². The Morgan fingerprint density at radius 3 is 2.93 bits per heavy atom. The Bertz CT molecular complexity index is 979. The summed E-state index contributed by atoms with van der Waals surface area (Å²) < 4.78 is 7.74. The van der Waals surface area contributed by atoms with Crippen LogP contribution >= 0.6 is 0 Å². The minimum atomic E-state index is 0.0106. The number of fused-ring (bicyclic) bond motifs is 1. The molecule has 0 fully saturated rings. The zero-order valence-electron chi connectivity index (χ0n) is 17.7. The molecular weight excluding hydrogens is 378 g/mol. The Morgan fingerprint density at radius 1 is 1.30 bits per heavy atom. The van der Waals surface area contributed by atoms with Crippen LogP contribution in [-0.4, -0.2) is 44.0 Å². The number of nitrogens with zero attached hydrogens (tertiary/aromatic N) is 4. The normalized spacial score (nSPS) is 15.8. The predicted octanol–water partition coefficient (Wildman–Crippen LogP) is 3.99. The third kappa shape index (κ3) is 4.10. The van der Waals surface area contributed by atoms with Crippen LogP contribution in [0.15, 0.2) is 43.0 Å². The fourth-order valence-electron chi connectivity index (χ4n) is 4.16. The SMILES string of the molecule is CCCCC1c2nc(-c3ccccc3OC)cn2CCN1C(=O)CCc1cnc[nH]1. The maximum atomic E-state index is 13.1. The molecule has 1 aliphatic rings. The van der Waals surface area contributed by atoms with Crippen molar-refractivity contribution < 1.29 is 9.53 Å². The summed E-state index contributed by atoms with van der Waals surface area (Å²) in [5, 5.41) is 0. The summed E-state index contributed by atoms with van der Waals surface area (Å²) >= 11 is 0. The van der Waals surface area contributed by atoms with Gasteiger partial charge in [0.2, 0.25) is 5.91 Å². The third-order valence-electron chi connectivity index (χ3n) is 5.76. The summed E-state index contributed by atoms with van der Waals surface area (Å²) in [7, 11) is 1.68. The second-order valence-corrected chi connectivity index (χ2v) is 7.70. The first-order valence-electron chi connectivity index (χ1n) is 10.7. The van der Waals surface area contributed by atoms with Crippen LogP contribution in [0.5, 0.6) is 5.75 Å². The number of carbonyl (C=O) groups is 1. The van der Waals surface area contributed by atoms with E-state index in [2.05, 4.69) is 27.7 Å². The van der Waals surface area contributed by atoms with Gasteiger partial charge in [0, 0.05) is 43.2 Å². The van der Waals surface area contributed by atoms with Gasteiger partial charge in [0.25, 0.3) is 0 Å². The minimum Gasteiger partial charge on any atom is -0.496 e. The topological polar surface area (TPSA) is 76.0 Å². The lowest BCUT2D eigenvalue weighted by atomic mass is 10.0. The Kier molecular flexibility index (Phi) is 6.16. The van der Waals surface area contributed by atoms with Crippen LogP contribution in [0.3, 0.4) is 0 Å². The van der Waals surface area contributed by atoms with Crippen molar-refractivity contribution in [3.05, 3.63) is 54.5 Å². The zero-order valence-corrected chi connectivity index (χ0v) is 17.7. The van der Waals surface area contributed by atoms with Gasteiger partial charge in [0.05, 0.1) is 25.2 Å². The van der Waals surface area contributed by atoms with Crippen molar-refractivity contribution in [1.82, 2.24) is 24.4 Å². The van der Waals surface area contributed by atoms with Crippen molar-refractivity contribution in [2.75, 3.05) is 13.7 Å². The fraction of sp³-hybridized carbons (Fsp3) is 0.435. The molecule has 0 bridgehead atoms. The summed E-state index contributed by atoms with van der Waals surface area (Å²) in [4.78, 5) is 27.2. The fourth-order valence-corrected chi connectivity index (χ4v) is 4.16. The van der Waals surface area contributed by atoms with E-state index in [9.17, 15) is 4.79 Å². The van der Waals surface area contributed by atoms with Crippen LogP contribution in [0.1, 0.15) is 50.2 Å². The molecule has 1 aliphatic heterocycles. The summed E-state index contributed by atoms with van der Waals surface area (Å²) in [6.07, 6.45) is 9.76. The molecule has 30 heavy (non-hydrogen) atoms. The minimum absolute atomic E-state index is 0.0106. The highest BCUT2D eigenvalue weighted by atomic mass is 16.5. The molecule has 0 aliphatic carbocycles. The van der Waals surface area contributed by atoms with Gasteiger partial charge >= 0.3 is 0 Å². The second kappa shape index (κ2) is 9.15. The van der Waals surface area contributed by atoms with E-state index >= 15 is 0 Å². The van der Waals surface area contributed by atoms with E-state index in [1.807, 2.05) is 29.2 Å². The smallest absolute Gasteiger partial charge is 0.223 e. The number of amides is 1. The number of hydrogen-bond donors (Lipinski definition) is 1. The van der Waals surface area contributed by atoms with Crippen LogP contribution in [0, 0.1) is 0 Å². The third-order valence-corrected chi connectivity index (χ3v) is 5.76. The van der Waals surface area contributed by atoms with Gasteiger partial charge in [-0.05, 0) is 25.0 Å². The Labute approximate surface area is 177 Å². The molecule has 1 atom stereocenters. The molecule has 3 heterocycles. The van der Waals surface area contributed by atoms with Gasteiger partial charge < -0.3 is 19.2 Å². The van der Waals surface area contributed by atoms with E-state index in [1.165, 1.54) is 0 Å². The summed E-state index contributed by atoms with van der Waals surface area (Å²) in [5.41, 5.74) is 2.87. The average molecular weight is 408 g/mol. The van der Waals surface area contributed by atoms with E-state index in [0.29, 0.717) is 19.4 Å². The molecule has 0 saturated carbocycles. The standard InChI is InChI=1S/C23H29N5O2/c1-3-4-8-20-23-26-19(18-7-5-6-9-21(18)30-2)15-27(23)12-13-28(20)22(29)11-10-17-14-24-16-25-17/h5-7,9,14-16,20H,3-4,8,10-13H2,1-2H3,(H,24,25). The van der Waals surface area contributed by atoms with Gasteiger partial charge in [-0.15, -0.1) is 0 Å². The van der Waals surface area contributed by atoms with E-state index in [4.69, 9.17) is 9.72 Å². The molecule has 3 aromatic rings. The van der Waals surface area contributed by atoms with Gasteiger partial charge in [-0.3, -0.25) is 4.79 Å². The number of aromatic amines is 1. The quantitative estimate of drug-likeness (QED) is 0.613. The summed E-state index contributed by atoms with van der Waals surface area (Å²) in [6.45, 7) is 3.65. The van der Waals surface area contributed by atoms with Gasteiger partial charge in [0.15, 0.2) is 0 Å². The van der Waals surface area contributed by atoms with E-state index < -0.39 is 0 Å². The Balaban J connectivity index is 1.59. The van der Waals surface area contributed by atoms with Gasteiger partial charge in [0.1, 0.15) is 11.6 Å². The van der Waals surface area contributed by atoms with Crippen LogP contribution in [0.25, 0.3) is 11.3 Å². The van der Waals surface area contributed by atoms with Crippen molar-refractivity contribution >= 4 is 5.91 Å². The van der Waals surface area contributed by atoms with E-state index in [1.54, 1.807) is 19.6 Å². The first-order chi connectivity index (χ1) is 14.7. The monoisotopic (exact) mass is 407 g/mol. The van der Waals surface area contributed by atoms with Crippen molar-refractivity contribution in [2.24, 2.45) is 0 Å². The van der Waals surface area contributed by atoms with Crippen LogP contribution in [0.4, 0.5) is 0 Å². The predicted molar refractivity (Wildman–Crippen MR) is 115 cm³/mol. The maximum absolute atomic E-state index is 13.1. The molecule has 1 N–H and O–H groups in total. The van der Waals surface area contributed by atoms with Crippen molar-refractivity contribution in [3.8, 4) is 17.0 Å². The first kappa shape index (κ1) is 20.2. The lowest BCUT2D eigenvalue weighted by Crippen LogP contribution is -2.42. The number of aryl methyl sites for hydroxylation is 1. The molecule has 0 spiro atoms. The molecule has 2 aromatic heterocycles. The number of benzene rings is 1. The number of hydrogen-bond acceptors (Lipinski definition) is 4. The number of rotatable bonds is 8. The number of nitrogens with one attached hydrogen (secondary N) is 1. The number of unbranched alkanes of at least 4 members (excludes halogenated alkanes) is 1. The molecular formula is C23H29N5O2. The lowest BCUT2D eigenvalue weighted by Gasteiger charge is -2.36. The van der Waals surface area contributed by atoms with Crippen LogP contribution < -0.4 is 4.74 Å². The highest BCUT2D eigenvalue weighted by Gasteiger charge is 2.32. The van der Waals surface area contributed by atoms with Crippen molar-refractivity contribution in [2.45, 2.75) is 51.6 Å². The first-order valence-corrected chi connectivity index (χ1v) is 10.7. The number of carbonyl (C=O) groups excluding carboxylic acids is 1. The summed E-state index contributed by atoms with van der Waals surface area (Å²) in [6, 6.07) is 7.95. The number of imidazole rings is 2. The van der Waals surface area contributed by atoms with Gasteiger partial charge in [-0.1, -0.05) is 31.9 Å². The van der Waals surface area contributed by atoms with E-state index in [0.717, 1.165) is 54.3 Å². The molecule has 4 rings (SSSR count). The molecule has 0 radical (unpaired) electrons. The van der Waals surface area contributed by atoms with E-state index in [-0.39, 0.29) is 11.9 Å². The van der Waals surface area contributed by atoms with Gasteiger partial charge in [-0.25, -0.2) is 9.97 Å². The number of ether oxygens (including phenoxy) is 1. The highest BCUT2D eigenvalue weighted by molar-refractivity contribution is 5.77. The molecule has 0 saturated heterocycles. The highest BCUT2D eigenvalue weighted by Crippen LogP contribution is 2.35. The molecule has 1 aromatic carbocycles. The number of para-hydroxylation sites is 1. The second-order valence-electron chi connectivity index (χ2n) is 7.70. The molecule has 158 valence electrons. The Morgan fingerprint density at radius 2 is 2.17 bits per heavy atom. The van der Waals surface area contributed by atoms with Crippen LogP contribution in [-0.2, 0) is 17.8 Å². The number of aromatic nitrogens is 4. The number of methoxy groups -OCH3 is 1. The number of H-pyrrole nitrogens is 1. The molecule has 1 unspecified atom stereocenters. The van der Waals surface area contributed by atoms with Gasteiger partial charge in [-0.2, -0.15) is 0 Å². The van der Waals surface area contributed by atoms with Crippen molar-refractivity contribution in [1.29, 1.82) is 0 Å². The zero-order chi connectivity index (χ0) is 20.9. The molecule has 7 heteroatoms. The lowest BCUT2D eigenvalue weighted by molar-refractivity contribution is -0.135. The largest absolute Gasteiger partial charge is 0.496 e. The summed E-state index contributed by atoms with van der Waals surface area (Å²) in [5.74, 6) is 1.97.